The van der Waals surface area contributed by atoms with Crippen LogP contribution in [0.1, 0.15) is 31.9 Å². The quantitative estimate of drug-likeness (QED) is 0.501. The van der Waals surface area contributed by atoms with E-state index in [4.69, 9.17) is 11.6 Å². The van der Waals surface area contributed by atoms with E-state index in [2.05, 4.69) is 10.6 Å². The molecular weight excluding hydrogens is 416 g/mol. The van der Waals surface area contributed by atoms with E-state index in [1.54, 1.807) is 12.1 Å². The van der Waals surface area contributed by atoms with Gasteiger partial charge in [0.25, 0.3) is 11.8 Å². The van der Waals surface area contributed by atoms with Gasteiger partial charge in [0, 0.05) is 22.0 Å². The third-order valence-electron chi connectivity index (χ3n) is 4.73. The SMILES string of the molecule is Cc1ccc(C(=O)N/C(=C\c2cccs2)C(=O)NCCc2ccccc2Cl)cc1C. The molecule has 4 nitrogen and oxygen atoms in total. The van der Waals surface area contributed by atoms with Crippen LogP contribution in [0, 0.1) is 13.8 Å². The van der Waals surface area contributed by atoms with Gasteiger partial charge in [0.05, 0.1) is 0 Å². The average Bonchev–Trinajstić information content (AvgIpc) is 3.24. The second kappa shape index (κ2) is 10.2. The van der Waals surface area contributed by atoms with Crippen molar-refractivity contribution in [1.82, 2.24) is 10.6 Å². The van der Waals surface area contributed by atoms with Crippen LogP contribution in [0.25, 0.3) is 6.08 Å². The fraction of sp³-hybridized carbons (Fsp3) is 0.167. The molecule has 0 saturated heterocycles. The van der Waals surface area contributed by atoms with E-state index in [1.807, 2.05) is 67.8 Å². The number of halogens is 1. The summed E-state index contributed by atoms with van der Waals surface area (Å²) < 4.78 is 0. The topological polar surface area (TPSA) is 58.2 Å². The summed E-state index contributed by atoms with van der Waals surface area (Å²) in [5, 5.41) is 8.23. The van der Waals surface area contributed by atoms with Gasteiger partial charge in [-0.05, 0) is 72.7 Å². The molecule has 0 aliphatic heterocycles. The number of nitrogens with one attached hydrogen (secondary N) is 2. The Labute approximate surface area is 185 Å². The van der Waals surface area contributed by atoms with E-state index in [0.717, 1.165) is 21.6 Å². The van der Waals surface area contributed by atoms with Crippen LogP contribution in [0.2, 0.25) is 5.02 Å². The van der Waals surface area contributed by atoms with Crippen LogP contribution < -0.4 is 10.6 Å². The summed E-state index contributed by atoms with van der Waals surface area (Å²) in [6.07, 6.45) is 2.29. The maximum Gasteiger partial charge on any atom is 0.267 e. The normalized spacial score (nSPS) is 11.2. The molecule has 30 heavy (non-hydrogen) atoms. The van der Waals surface area contributed by atoms with Crippen molar-refractivity contribution in [2.45, 2.75) is 20.3 Å². The van der Waals surface area contributed by atoms with Gasteiger partial charge in [0.1, 0.15) is 5.70 Å². The standard InChI is InChI=1S/C24H23ClN2O2S/c1-16-9-10-19(14-17(16)2)23(28)27-22(15-20-7-5-13-30-20)24(29)26-12-11-18-6-3-4-8-21(18)25/h3-10,13-15H,11-12H2,1-2H3,(H,26,29)(H,27,28)/b22-15-. The second-order valence-electron chi connectivity index (χ2n) is 6.92. The number of carbonyl (C=O) groups excluding carboxylic acids is 2. The van der Waals surface area contributed by atoms with Crippen molar-refractivity contribution in [3.05, 3.63) is 97.8 Å². The number of carbonyl (C=O) groups is 2. The highest BCUT2D eigenvalue weighted by atomic mass is 35.5. The molecule has 0 unspecified atom stereocenters. The smallest absolute Gasteiger partial charge is 0.267 e. The summed E-state index contributed by atoms with van der Waals surface area (Å²) in [5.74, 6) is -0.658. The Morgan fingerprint density at radius 3 is 2.53 bits per heavy atom. The number of hydrogen-bond acceptors (Lipinski definition) is 3. The number of amides is 2. The highest BCUT2D eigenvalue weighted by molar-refractivity contribution is 7.10. The Bertz CT molecular complexity index is 1070. The number of aryl methyl sites for hydroxylation is 2. The summed E-state index contributed by atoms with van der Waals surface area (Å²) in [6.45, 7) is 4.35. The lowest BCUT2D eigenvalue weighted by Gasteiger charge is -2.12. The Morgan fingerprint density at radius 1 is 1.03 bits per heavy atom. The fourth-order valence-electron chi connectivity index (χ4n) is 2.86. The molecule has 2 amide bonds. The van der Waals surface area contributed by atoms with E-state index in [1.165, 1.54) is 11.3 Å². The molecule has 0 bridgehead atoms. The Morgan fingerprint density at radius 2 is 1.83 bits per heavy atom. The lowest BCUT2D eigenvalue weighted by molar-refractivity contribution is -0.117. The predicted octanol–water partition coefficient (Wildman–Crippen LogP) is 5.15. The van der Waals surface area contributed by atoms with Crippen LogP contribution in [-0.4, -0.2) is 18.4 Å². The molecule has 0 atom stereocenters. The minimum atomic E-state index is -0.340. The lowest BCUT2D eigenvalue weighted by Crippen LogP contribution is -2.35. The maximum atomic E-state index is 12.8. The summed E-state index contributed by atoms with van der Waals surface area (Å²) in [6, 6.07) is 16.8. The average molecular weight is 439 g/mol. The zero-order chi connectivity index (χ0) is 21.5. The van der Waals surface area contributed by atoms with Gasteiger partial charge < -0.3 is 10.6 Å². The molecule has 1 heterocycles. The van der Waals surface area contributed by atoms with Gasteiger partial charge in [-0.3, -0.25) is 9.59 Å². The van der Waals surface area contributed by atoms with Crippen LogP contribution in [0.3, 0.4) is 0 Å². The molecule has 2 N–H and O–H groups in total. The number of rotatable bonds is 7. The van der Waals surface area contributed by atoms with Crippen molar-refractivity contribution in [2.75, 3.05) is 6.54 Å². The minimum absolute atomic E-state index is 0.208. The molecule has 6 heteroatoms. The third kappa shape index (κ3) is 5.81. The number of benzene rings is 2. The maximum absolute atomic E-state index is 12.8. The molecule has 0 aliphatic carbocycles. The zero-order valence-corrected chi connectivity index (χ0v) is 18.4. The Hall–Kier alpha value is -2.89. The summed E-state index contributed by atoms with van der Waals surface area (Å²) >= 11 is 7.67. The molecule has 3 aromatic rings. The van der Waals surface area contributed by atoms with Gasteiger partial charge in [0.2, 0.25) is 0 Å². The Kier molecular flexibility index (Phi) is 7.44. The molecule has 0 fully saturated rings. The van der Waals surface area contributed by atoms with Crippen molar-refractivity contribution in [3.63, 3.8) is 0 Å². The van der Waals surface area contributed by atoms with Crippen LogP contribution in [0.15, 0.2) is 65.7 Å². The van der Waals surface area contributed by atoms with Crippen LogP contribution in [0.4, 0.5) is 0 Å². The third-order valence-corrected chi connectivity index (χ3v) is 5.92. The van der Waals surface area contributed by atoms with E-state index < -0.39 is 0 Å². The largest absolute Gasteiger partial charge is 0.350 e. The van der Waals surface area contributed by atoms with E-state index in [9.17, 15) is 9.59 Å². The first-order valence-electron chi connectivity index (χ1n) is 9.59. The summed E-state index contributed by atoms with van der Waals surface area (Å²) in [4.78, 5) is 26.4. The van der Waals surface area contributed by atoms with Crippen molar-refractivity contribution < 1.29 is 9.59 Å². The molecule has 0 saturated carbocycles. The summed E-state index contributed by atoms with van der Waals surface area (Å²) in [5.41, 5.74) is 3.81. The molecular formula is C24H23ClN2O2S. The summed E-state index contributed by atoms with van der Waals surface area (Å²) in [7, 11) is 0. The lowest BCUT2D eigenvalue weighted by atomic mass is 10.1. The van der Waals surface area contributed by atoms with E-state index in [-0.39, 0.29) is 17.5 Å². The first-order chi connectivity index (χ1) is 14.4. The minimum Gasteiger partial charge on any atom is -0.350 e. The van der Waals surface area contributed by atoms with Gasteiger partial charge >= 0.3 is 0 Å². The molecule has 0 aliphatic rings. The molecule has 1 aromatic heterocycles. The number of hydrogen-bond donors (Lipinski definition) is 2. The van der Waals surface area contributed by atoms with Crippen molar-refractivity contribution in [2.24, 2.45) is 0 Å². The molecule has 2 aromatic carbocycles. The van der Waals surface area contributed by atoms with Gasteiger partial charge in [-0.15, -0.1) is 11.3 Å². The number of thiophene rings is 1. The van der Waals surface area contributed by atoms with Crippen LogP contribution >= 0.6 is 22.9 Å². The highest BCUT2D eigenvalue weighted by Crippen LogP contribution is 2.16. The van der Waals surface area contributed by atoms with Crippen LogP contribution in [0.5, 0.6) is 0 Å². The van der Waals surface area contributed by atoms with Gasteiger partial charge in [-0.25, -0.2) is 0 Å². The molecule has 0 spiro atoms. The van der Waals surface area contributed by atoms with E-state index in [0.29, 0.717) is 23.6 Å². The van der Waals surface area contributed by atoms with Gasteiger partial charge in [0.15, 0.2) is 0 Å². The highest BCUT2D eigenvalue weighted by Gasteiger charge is 2.15. The van der Waals surface area contributed by atoms with Crippen molar-refractivity contribution in [1.29, 1.82) is 0 Å². The zero-order valence-electron chi connectivity index (χ0n) is 16.9. The van der Waals surface area contributed by atoms with Gasteiger partial charge in [-0.2, -0.15) is 0 Å². The Balaban J connectivity index is 1.72. The fourth-order valence-corrected chi connectivity index (χ4v) is 3.75. The first kappa shape index (κ1) is 21.8. The van der Waals surface area contributed by atoms with E-state index >= 15 is 0 Å². The molecule has 0 radical (unpaired) electrons. The second-order valence-corrected chi connectivity index (χ2v) is 8.31. The molecule has 154 valence electrons. The first-order valence-corrected chi connectivity index (χ1v) is 10.8. The van der Waals surface area contributed by atoms with Gasteiger partial charge in [-0.1, -0.05) is 41.9 Å². The predicted molar refractivity (Wildman–Crippen MR) is 124 cm³/mol. The van der Waals surface area contributed by atoms with Crippen LogP contribution in [-0.2, 0) is 11.2 Å². The van der Waals surface area contributed by atoms with Crippen molar-refractivity contribution in [3.8, 4) is 0 Å². The van der Waals surface area contributed by atoms with Crippen molar-refractivity contribution >= 4 is 40.8 Å². The monoisotopic (exact) mass is 438 g/mol. The molecule has 3 rings (SSSR count).